The van der Waals surface area contributed by atoms with Crippen molar-refractivity contribution >= 4 is 18.0 Å². The molecule has 2 fully saturated rings. The summed E-state index contributed by atoms with van der Waals surface area (Å²) in [5, 5.41) is 0. The lowest BCUT2D eigenvalue weighted by Gasteiger charge is -2.29. The molecule has 1 unspecified atom stereocenters. The number of hydrogen-bond acceptors (Lipinski definition) is 5. The fourth-order valence-electron chi connectivity index (χ4n) is 3.45. The van der Waals surface area contributed by atoms with Gasteiger partial charge in [0.15, 0.2) is 11.7 Å². The molecule has 1 aromatic carbocycles. The molecule has 1 heterocycles. The van der Waals surface area contributed by atoms with E-state index in [9.17, 15) is 18.4 Å². The SMILES string of the molecule is CCOC(=O)C(C=NC1CC1)C(=O)c1cc(F)c(C2CCN(C)CC2)cc1F. The number of ether oxygens (including phenoxy) is 1. The quantitative estimate of drug-likeness (QED) is 0.309. The largest absolute Gasteiger partial charge is 0.465 e. The molecule has 7 heteroatoms. The van der Waals surface area contributed by atoms with Crippen LogP contribution in [-0.2, 0) is 9.53 Å². The minimum Gasteiger partial charge on any atom is -0.465 e. The Kier molecular flexibility index (Phi) is 6.54. The number of carbonyl (C=O) groups is 2. The smallest absolute Gasteiger partial charge is 0.322 e. The van der Waals surface area contributed by atoms with Crippen molar-refractivity contribution in [1.82, 2.24) is 4.90 Å². The van der Waals surface area contributed by atoms with E-state index in [0.29, 0.717) is 5.56 Å². The van der Waals surface area contributed by atoms with Crippen LogP contribution in [0.25, 0.3) is 0 Å². The average Bonchev–Trinajstić information content (AvgIpc) is 3.49. The van der Waals surface area contributed by atoms with Crippen molar-refractivity contribution in [2.24, 2.45) is 10.9 Å². The van der Waals surface area contributed by atoms with Gasteiger partial charge >= 0.3 is 5.97 Å². The maximum Gasteiger partial charge on any atom is 0.322 e. The number of rotatable bonds is 7. The van der Waals surface area contributed by atoms with Gasteiger partial charge in [0.2, 0.25) is 0 Å². The summed E-state index contributed by atoms with van der Waals surface area (Å²) in [5.74, 6) is -4.48. The number of Topliss-reactive ketones (excluding diaryl/α,β-unsaturated/α-hetero) is 1. The Labute approximate surface area is 163 Å². The van der Waals surface area contributed by atoms with Gasteiger partial charge in [-0.3, -0.25) is 14.6 Å². The molecule has 0 N–H and O–H groups in total. The summed E-state index contributed by atoms with van der Waals surface area (Å²) >= 11 is 0. The van der Waals surface area contributed by atoms with E-state index in [1.807, 2.05) is 7.05 Å². The van der Waals surface area contributed by atoms with Crippen LogP contribution in [0.1, 0.15) is 54.4 Å². The van der Waals surface area contributed by atoms with Crippen molar-refractivity contribution in [3.8, 4) is 0 Å². The third kappa shape index (κ3) is 4.82. The van der Waals surface area contributed by atoms with E-state index in [0.717, 1.165) is 50.9 Å². The number of hydrogen-bond donors (Lipinski definition) is 0. The van der Waals surface area contributed by atoms with Gasteiger partial charge in [-0.25, -0.2) is 8.78 Å². The maximum atomic E-state index is 14.7. The predicted molar refractivity (Wildman–Crippen MR) is 102 cm³/mol. The summed E-state index contributed by atoms with van der Waals surface area (Å²) in [6.45, 7) is 3.34. The van der Waals surface area contributed by atoms with Gasteiger partial charge in [0, 0.05) is 12.3 Å². The summed E-state index contributed by atoms with van der Waals surface area (Å²) in [6, 6.07) is 2.12. The van der Waals surface area contributed by atoms with Crippen molar-refractivity contribution in [1.29, 1.82) is 0 Å². The lowest BCUT2D eigenvalue weighted by atomic mass is 9.87. The summed E-state index contributed by atoms with van der Waals surface area (Å²) in [7, 11) is 1.99. The van der Waals surface area contributed by atoms with Crippen LogP contribution in [0.5, 0.6) is 0 Å². The summed E-state index contributed by atoms with van der Waals surface area (Å²) in [6.07, 6.45) is 4.49. The number of likely N-dealkylation sites (tertiary alicyclic amines) is 1. The molecule has 1 saturated carbocycles. The van der Waals surface area contributed by atoms with E-state index in [1.165, 1.54) is 6.21 Å². The highest BCUT2D eigenvalue weighted by Gasteiger charge is 2.32. The van der Waals surface area contributed by atoms with Crippen molar-refractivity contribution in [2.45, 2.75) is 44.6 Å². The lowest BCUT2D eigenvalue weighted by Crippen LogP contribution is -2.30. The van der Waals surface area contributed by atoms with Gasteiger partial charge in [0.1, 0.15) is 11.6 Å². The van der Waals surface area contributed by atoms with Gasteiger partial charge in [-0.05, 0) is 76.4 Å². The Bertz CT molecular complexity index is 769. The molecule has 0 radical (unpaired) electrons. The fraction of sp³-hybridized carbons (Fsp3) is 0.571. The molecular formula is C21H26F2N2O3. The van der Waals surface area contributed by atoms with Gasteiger partial charge in [-0.15, -0.1) is 0 Å². The summed E-state index contributed by atoms with van der Waals surface area (Å²) in [4.78, 5) is 31.3. The predicted octanol–water partition coefficient (Wildman–Crippen LogP) is 3.37. The molecule has 3 rings (SSSR count). The highest BCUT2D eigenvalue weighted by atomic mass is 19.1. The molecule has 1 aromatic rings. The van der Waals surface area contributed by atoms with E-state index in [-0.39, 0.29) is 18.6 Å². The zero-order valence-corrected chi connectivity index (χ0v) is 16.3. The maximum absolute atomic E-state index is 14.7. The number of ketones is 1. The molecule has 1 saturated heterocycles. The number of esters is 1. The second kappa shape index (κ2) is 8.90. The third-order valence-corrected chi connectivity index (χ3v) is 5.33. The summed E-state index contributed by atoms with van der Waals surface area (Å²) < 4.78 is 34.4. The molecular weight excluding hydrogens is 366 g/mol. The second-order valence-electron chi connectivity index (χ2n) is 7.55. The van der Waals surface area contributed by atoms with Gasteiger partial charge in [0.05, 0.1) is 12.2 Å². The molecule has 2 aliphatic rings. The number of carbonyl (C=O) groups excluding carboxylic acids is 2. The molecule has 0 amide bonds. The van der Waals surface area contributed by atoms with Crippen LogP contribution in [0.3, 0.4) is 0 Å². The first-order valence-corrected chi connectivity index (χ1v) is 9.82. The van der Waals surface area contributed by atoms with Crippen molar-refractivity contribution < 1.29 is 23.1 Å². The van der Waals surface area contributed by atoms with E-state index >= 15 is 0 Å². The number of aliphatic imine (C=N–C) groups is 1. The number of benzene rings is 1. The van der Waals surface area contributed by atoms with E-state index in [1.54, 1.807) is 6.92 Å². The van der Waals surface area contributed by atoms with Crippen LogP contribution < -0.4 is 0 Å². The fourth-order valence-corrected chi connectivity index (χ4v) is 3.45. The van der Waals surface area contributed by atoms with Crippen LogP contribution in [0, 0.1) is 17.6 Å². The van der Waals surface area contributed by atoms with Crippen molar-refractivity contribution in [2.75, 3.05) is 26.7 Å². The van der Waals surface area contributed by atoms with Crippen molar-refractivity contribution in [3.05, 3.63) is 34.9 Å². The zero-order valence-electron chi connectivity index (χ0n) is 16.3. The van der Waals surface area contributed by atoms with E-state index < -0.39 is 34.9 Å². The minimum atomic E-state index is -1.36. The first-order chi connectivity index (χ1) is 13.4. The van der Waals surface area contributed by atoms with Crippen LogP contribution in [0.2, 0.25) is 0 Å². The van der Waals surface area contributed by atoms with Crippen LogP contribution in [-0.4, -0.2) is 55.7 Å². The molecule has 0 bridgehead atoms. The number of nitrogens with zero attached hydrogens (tertiary/aromatic N) is 2. The monoisotopic (exact) mass is 392 g/mol. The van der Waals surface area contributed by atoms with Gasteiger partial charge < -0.3 is 9.64 Å². The van der Waals surface area contributed by atoms with E-state index in [4.69, 9.17) is 4.74 Å². The molecule has 152 valence electrons. The van der Waals surface area contributed by atoms with E-state index in [2.05, 4.69) is 9.89 Å². The Morgan fingerprint density at radius 3 is 2.50 bits per heavy atom. The molecule has 1 atom stereocenters. The van der Waals surface area contributed by atoms with Crippen LogP contribution in [0.15, 0.2) is 17.1 Å². The Morgan fingerprint density at radius 1 is 1.21 bits per heavy atom. The zero-order chi connectivity index (χ0) is 20.3. The summed E-state index contributed by atoms with van der Waals surface area (Å²) in [5.41, 5.74) is -0.143. The van der Waals surface area contributed by atoms with Gasteiger partial charge in [-0.2, -0.15) is 0 Å². The standard InChI is InChI=1S/C21H26F2N2O3/c1-3-28-21(27)17(12-24-14-4-5-14)20(26)16-11-18(22)15(10-19(16)23)13-6-8-25(2)9-7-13/h10-14,17H,3-9H2,1-2H3. The Morgan fingerprint density at radius 2 is 1.89 bits per heavy atom. The van der Waals surface area contributed by atoms with Crippen LogP contribution in [0.4, 0.5) is 8.78 Å². The topological polar surface area (TPSA) is 59.0 Å². The third-order valence-electron chi connectivity index (χ3n) is 5.33. The highest BCUT2D eigenvalue weighted by Crippen LogP contribution is 2.31. The molecule has 0 aromatic heterocycles. The first-order valence-electron chi connectivity index (χ1n) is 9.82. The molecule has 0 spiro atoms. The average molecular weight is 392 g/mol. The number of piperidine rings is 1. The van der Waals surface area contributed by atoms with Gasteiger partial charge in [0.25, 0.3) is 0 Å². The normalized spacial score (nSPS) is 19.7. The van der Waals surface area contributed by atoms with Gasteiger partial charge in [-0.1, -0.05) is 0 Å². The highest BCUT2D eigenvalue weighted by molar-refractivity contribution is 6.18. The number of halogens is 2. The molecule has 1 aliphatic heterocycles. The second-order valence-corrected chi connectivity index (χ2v) is 7.55. The Hall–Kier alpha value is -2.15. The lowest BCUT2D eigenvalue weighted by molar-refractivity contribution is -0.143. The van der Waals surface area contributed by atoms with Crippen LogP contribution >= 0.6 is 0 Å². The molecule has 28 heavy (non-hydrogen) atoms. The first kappa shape index (κ1) is 20.6. The minimum absolute atomic E-state index is 0.0767. The molecule has 5 nitrogen and oxygen atoms in total. The molecule has 1 aliphatic carbocycles. The van der Waals surface area contributed by atoms with Crippen molar-refractivity contribution in [3.63, 3.8) is 0 Å². The Balaban J connectivity index is 1.84.